The highest BCUT2D eigenvalue weighted by Gasteiger charge is 2.20. The third-order valence-corrected chi connectivity index (χ3v) is 4.86. The molecule has 1 fully saturated rings. The lowest BCUT2D eigenvalue weighted by atomic mass is 10.2. The largest absolute Gasteiger partial charge is 0.329 e. The summed E-state index contributed by atoms with van der Waals surface area (Å²) in [6.45, 7) is 5.47. The Balaban J connectivity index is 1.57. The average Bonchev–Trinajstić information content (AvgIpc) is 3.05. The fraction of sp³-hybridized carbons (Fsp3) is 0.333. The lowest BCUT2D eigenvalue weighted by Gasteiger charge is -2.33. The first-order valence-electron chi connectivity index (χ1n) is 7.80. The number of thiazole rings is 1. The van der Waals surface area contributed by atoms with Crippen LogP contribution in [0.25, 0.3) is 10.6 Å². The number of hydrogen-bond acceptors (Lipinski definition) is 4. The SMILES string of the molecule is CC#CC(=O)N1CCN(Cc2csc(-c3ccc(F)cc3)n2)CC1. The number of nitrogens with zero attached hydrogens (tertiary/aromatic N) is 3. The van der Waals surface area contributed by atoms with Crippen molar-refractivity contribution in [2.75, 3.05) is 26.2 Å². The number of aromatic nitrogens is 1. The molecule has 0 spiro atoms. The highest BCUT2D eigenvalue weighted by molar-refractivity contribution is 7.13. The molecule has 24 heavy (non-hydrogen) atoms. The Kier molecular flexibility index (Phi) is 5.24. The zero-order valence-corrected chi connectivity index (χ0v) is 14.3. The number of carbonyl (C=O) groups is 1. The van der Waals surface area contributed by atoms with E-state index in [0.29, 0.717) is 13.1 Å². The average molecular weight is 343 g/mol. The van der Waals surface area contributed by atoms with E-state index < -0.39 is 0 Å². The minimum absolute atomic E-state index is 0.0931. The number of carbonyl (C=O) groups excluding carboxylic acids is 1. The molecule has 0 N–H and O–H groups in total. The van der Waals surface area contributed by atoms with Crippen LogP contribution in [0.4, 0.5) is 4.39 Å². The van der Waals surface area contributed by atoms with Gasteiger partial charge in [-0.2, -0.15) is 0 Å². The van der Waals surface area contributed by atoms with Crippen molar-refractivity contribution in [3.8, 4) is 22.4 Å². The molecular weight excluding hydrogens is 325 g/mol. The number of piperazine rings is 1. The van der Waals surface area contributed by atoms with Gasteiger partial charge in [0.1, 0.15) is 10.8 Å². The van der Waals surface area contributed by atoms with E-state index in [1.165, 1.54) is 12.1 Å². The van der Waals surface area contributed by atoms with Crippen molar-refractivity contribution in [3.63, 3.8) is 0 Å². The highest BCUT2D eigenvalue weighted by Crippen LogP contribution is 2.24. The normalized spacial score (nSPS) is 15.0. The van der Waals surface area contributed by atoms with Crippen molar-refractivity contribution in [1.29, 1.82) is 0 Å². The summed E-state index contributed by atoms with van der Waals surface area (Å²) in [6, 6.07) is 6.39. The molecule has 3 rings (SSSR count). The van der Waals surface area contributed by atoms with E-state index in [-0.39, 0.29) is 11.7 Å². The van der Waals surface area contributed by atoms with E-state index in [1.54, 1.807) is 35.3 Å². The molecule has 1 aromatic carbocycles. The molecule has 124 valence electrons. The molecule has 1 amide bonds. The quantitative estimate of drug-likeness (QED) is 0.804. The number of benzene rings is 1. The molecule has 6 heteroatoms. The maximum absolute atomic E-state index is 13.0. The molecule has 1 saturated heterocycles. The van der Waals surface area contributed by atoms with Gasteiger partial charge in [-0.25, -0.2) is 9.37 Å². The van der Waals surface area contributed by atoms with Gasteiger partial charge in [0.2, 0.25) is 0 Å². The third kappa shape index (κ3) is 3.99. The lowest BCUT2D eigenvalue weighted by Crippen LogP contribution is -2.48. The number of halogens is 1. The Morgan fingerprint density at radius 3 is 2.62 bits per heavy atom. The van der Waals surface area contributed by atoms with Crippen LogP contribution < -0.4 is 0 Å². The number of hydrogen-bond donors (Lipinski definition) is 0. The van der Waals surface area contributed by atoms with Gasteiger partial charge in [-0.3, -0.25) is 9.69 Å². The second-order valence-electron chi connectivity index (χ2n) is 5.59. The number of rotatable bonds is 3. The molecular formula is C18H18FN3OS. The Morgan fingerprint density at radius 2 is 1.96 bits per heavy atom. The zero-order chi connectivity index (χ0) is 16.9. The van der Waals surface area contributed by atoms with Crippen molar-refractivity contribution in [1.82, 2.24) is 14.8 Å². The van der Waals surface area contributed by atoms with Gasteiger partial charge in [-0.05, 0) is 37.1 Å². The van der Waals surface area contributed by atoms with E-state index in [2.05, 4.69) is 21.7 Å². The van der Waals surface area contributed by atoms with Gasteiger partial charge in [0, 0.05) is 43.7 Å². The van der Waals surface area contributed by atoms with Crippen molar-refractivity contribution in [3.05, 3.63) is 41.2 Å². The van der Waals surface area contributed by atoms with Crippen LogP contribution in [0.5, 0.6) is 0 Å². The van der Waals surface area contributed by atoms with Gasteiger partial charge in [-0.15, -0.1) is 11.3 Å². The summed E-state index contributed by atoms with van der Waals surface area (Å²) < 4.78 is 13.0. The summed E-state index contributed by atoms with van der Waals surface area (Å²) in [7, 11) is 0. The first kappa shape index (κ1) is 16.6. The highest BCUT2D eigenvalue weighted by atomic mass is 32.1. The third-order valence-electron chi connectivity index (χ3n) is 3.92. The fourth-order valence-corrected chi connectivity index (χ4v) is 3.45. The Hall–Kier alpha value is -2.23. The monoisotopic (exact) mass is 343 g/mol. The summed E-state index contributed by atoms with van der Waals surface area (Å²) in [5, 5.41) is 2.94. The first-order chi connectivity index (χ1) is 11.7. The minimum Gasteiger partial charge on any atom is -0.329 e. The zero-order valence-electron chi connectivity index (χ0n) is 13.5. The van der Waals surface area contributed by atoms with Crippen LogP contribution in [-0.4, -0.2) is 46.9 Å². The minimum atomic E-state index is -0.240. The standard InChI is InChI=1S/C18H18FN3OS/c1-2-3-17(23)22-10-8-21(9-11-22)12-16-13-24-18(20-16)14-4-6-15(19)7-5-14/h4-7,13H,8-12H2,1H3. The van der Waals surface area contributed by atoms with Crippen molar-refractivity contribution in [2.45, 2.75) is 13.5 Å². The van der Waals surface area contributed by atoms with Crippen LogP contribution in [0.1, 0.15) is 12.6 Å². The molecule has 1 aromatic heterocycles. The van der Waals surface area contributed by atoms with E-state index in [4.69, 9.17) is 0 Å². The van der Waals surface area contributed by atoms with E-state index in [9.17, 15) is 9.18 Å². The summed E-state index contributed by atoms with van der Waals surface area (Å²) in [4.78, 5) is 20.5. The predicted molar refractivity (Wildman–Crippen MR) is 92.8 cm³/mol. The van der Waals surface area contributed by atoms with E-state index in [0.717, 1.165) is 35.9 Å². The Labute approximate surface area is 144 Å². The molecule has 1 aliphatic heterocycles. The van der Waals surface area contributed by atoms with Crippen molar-refractivity contribution in [2.24, 2.45) is 0 Å². The van der Waals surface area contributed by atoms with Crippen LogP contribution in [0.2, 0.25) is 0 Å². The van der Waals surface area contributed by atoms with Crippen LogP contribution in [-0.2, 0) is 11.3 Å². The van der Waals surface area contributed by atoms with Gasteiger partial charge in [0.05, 0.1) is 5.69 Å². The van der Waals surface area contributed by atoms with Crippen LogP contribution in [0, 0.1) is 17.7 Å². The summed E-state index contributed by atoms with van der Waals surface area (Å²) in [6.07, 6.45) is 0. The molecule has 1 aliphatic rings. The van der Waals surface area contributed by atoms with Crippen LogP contribution in [0.15, 0.2) is 29.6 Å². The summed E-state index contributed by atoms with van der Waals surface area (Å²) >= 11 is 1.57. The van der Waals surface area contributed by atoms with Gasteiger partial charge in [-0.1, -0.05) is 5.92 Å². The fourth-order valence-electron chi connectivity index (χ4n) is 2.63. The van der Waals surface area contributed by atoms with Crippen LogP contribution in [0.3, 0.4) is 0 Å². The molecule has 0 radical (unpaired) electrons. The number of amides is 1. The van der Waals surface area contributed by atoms with Gasteiger partial charge < -0.3 is 4.90 Å². The molecule has 0 unspecified atom stereocenters. The predicted octanol–water partition coefficient (Wildman–Crippen LogP) is 2.62. The van der Waals surface area contributed by atoms with Crippen LogP contribution >= 0.6 is 11.3 Å². The van der Waals surface area contributed by atoms with E-state index in [1.807, 2.05) is 5.38 Å². The molecule has 0 aliphatic carbocycles. The van der Waals surface area contributed by atoms with Gasteiger partial charge in [0.15, 0.2) is 0 Å². The Morgan fingerprint density at radius 1 is 1.25 bits per heavy atom. The first-order valence-corrected chi connectivity index (χ1v) is 8.68. The van der Waals surface area contributed by atoms with Gasteiger partial charge in [0.25, 0.3) is 5.91 Å². The smallest absolute Gasteiger partial charge is 0.298 e. The van der Waals surface area contributed by atoms with E-state index >= 15 is 0 Å². The van der Waals surface area contributed by atoms with Crippen molar-refractivity contribution >= 4 is 17.2 Å². The topological polar surface area (TPSA) is 36.4 Å². The molecule has 2 heterocycles. The molecule has 0 bridgehead atoms. The second-order valence-corrected chi connectivity index (χ2v) is 6.45. The second kappa shape index (κ2) is 7.56. The van der Waals surface area contributed by atoms with Gasteiger partial charge >= 0.3 is 0 Å². The molecule has 0 atom stereocenters. The summed E-state index contributed by atoms with van der Waals surface area (Å²) in [5.74, 6) is 4.90. The molecule has 2 aromatic rings. The maximum Gasteiger partial charge on any atom is 0.298 e. The summed E-state index contributed by atoms with van der Waals surface area (Å²) in [5.41, 5.74) is 1.94. The lowest BCUT2D eigenvalue weighted by molar-refractivity contribution is -0.126. The molecule has 0 saturated carbocycles. The molecule has 4 nitrogen and oxygen atoms in total. The van der Waals surface area contributed by atoms with Crippen molar-refractivity contribution < 1.29 is 9.18 Å². The maximum atomic E-state index is 13.0. The Bertz CT molecular complexity index is 768.